The predicted molar refractivity (Wildman–Crippen MR) is 75.6 cm³/mol. The highest BCUT2D eigenvalue weighted by Crippen LogP contribution is 2.21. The van der Waals surface area contributed by atoms with Crippen molar-refractivity contribution >= 4 is 5.91 Å². The highest BCUT2D eigenvalue weighted by molar-refractivity contribution is 5.78. The molecule has 1 rings (SSSR count). The number of hydrogen-bond donors (Lipinski definition) is 2. The number of benzene rings is 1. The van der Waals surface area contributed by atoms with Crippen molar-refractivity contribution in [3.8, 4) is 0 Å². The van der Waals surface area contributed by atoms with Crippen molar-refractivity contribution in [3.05, 3.63) is 35.9 Å². The van der Waals surface area contributed by atoms with Crippen LogP contribution in [0.4, 0.5) is 0 Å². The summed E-state index contributed by atoms with van der Waals surface area (Å²) in [6, 6.07) is 10.3. The van der Waals surface area contributed by atoms with E-state index in [1.54, 1.807) is 0 Å². The first kappa shape index (κ1) is 14.7. The Bertz CT molecular complexity index is 373. The molecule has 1 atom stereocenters. The molecule has 1 amide bonds. The summed E-state index contributed by atoms with van der Waals surface area (Å²) in [6.07, 6.45) is 0. The molecule has 0 aliphatic carbocycles. The van der Waals surface area contributed by atoms with Crippen LogP contribution in [0.5, 0.6) is 0 Å². The van der Waals surface area contributed by atoms with Gasteiger partial charge in [0.25, 0.3) is 0 Å². The van der Waals surface area contributed by atoms with E-state index in [-0.39, 0.29) is 17.2 Å². The Kier molecular flexibility index (Phi) is 5.35. The summed E-state index contributed by atoms with van der Waals surface area (Å²) >= 11 is 0. The van der Waals surface area contributed by atoms with Crippen LogP contribution in [-0.2, 0) is 10.2 Å². The van der Waals surface area contributed by atoms with Crippen LogP contribution in [0.2, 0.25) is 0 Å². The number of amides is 1. The van der Waals surface area contributed by atoms with E-state index < -0.39 is 0 Å². The molecule has 0 radical (unpaired) electrons. The van der Waals surface area contributed by atoms with Gasteiger partial charge in [0.15, 0.2) is 0 Å². The van der Waals surface area contributed by atoms with Crippen LogP contribution >= 0.6 is 0 Å². The van der Waals surface area contributed by atoms with Crippen LogP contribution in [-0.4, -0.2) is 26.0 Å². The Labute approximate surface area is 110 Å². The number of hydrogen-bond acceptors (Lipinski definition) is 2. The molecule has 100 valence electrons. The van der Waals surface area contributed by atoms with Gasteiger partial charge in [-0.1, -0.05) is 51.1 Å². The average Bonchev–Trinajstić information content (AvgIpc) is 2.37. The fourth-order valence-electron chi connectivity index (χ4n) is 1.87. The highest BCUT2D eigenvalue weighted by atomic mass is 16.1. The van der Waals surface area contributed by atoms with Crippen LogP contribution in [0.3, 0.4) is 0 Å². The Hall–Kier alpha value is -1.35. The largest absolute Gasteiger partial charge is 0.355 e. The Morgan fingerprint density at radius 2 is 1.89 bits per heavy atom. The summed E-state index contributed by atoms with van der Waals surface area (Å²) < 4.78 is 0. The molecule has 0 aromatic heterocycles. The van der Waals surface area contributed by atoms with E-state index in [0.717, 1.165) is 0 Å². The third-order valence-electron chi connectivity index (χ3n) is 3.22. The zero-order chi connectivity index (χ0) is 13.6. The van der Waals surface area contributed by atoms with Gasteiger partial charge < -0.3 is 10.6 Å². The molecule has 0 bridgehead atoms. The molecule has 0 aliphatic heterocycles. The quantitative estimate of drug-likeness (QED) is 0.808. The van der Waals surface area contributed by atoms with Crippen molar-refractivity contribution in [1.29, 1.82) is 0 Å². The lowest BCUT2D eigenvalue weighted by atomic mass is 9.84. The molecule has 18 heavy (non-hydrogen) atoms. The van der Waals surface area contributed by atoms with E-state index in [1.165, 1.54) is 5.56 Å². The highest BCUT2D eigenvalue weighted by Gasteiger charge is 2.22. The molecule has 0 aliphatic rings. The maximum absolute atomic E-state index is 11.9. The first-order chi connectivity index (χ1) is 8.47. The third kappa shape index (κ3) is 4.15. The molecule has 1 aromatic carbocycles. The third-order valence-corrected chi connectivity index (χ3v) is 3.22. The summed E-state index contributed by atoms with van der Waals surface area (Å²) in [4.78, 5) is 11.9. The molecule has 2 N–H and O–H groups in total. The monoisotopic (exact) mass is 248 g/mol. The lowest BCUT2D eigenvalue weighted by Crippen LogP contribution is -2.41. The van der Waals surface area contributed by atoms with Crippen LogP contribution < -0.4 is 10.6 Å². The molecule has 0 heterocycles. The van der Waals surface area contributed by atoms with E-state index in [9.17, 15) is 4.79 Å². The van der Waals surface area contributed by atoms with E-state index in [4.69, 9.17) is 0 Å². The lowest BCUT2D eigenvalue weighted by molar-refractivity contribution is -0.124. The van der Waals surface area contributed by atoms with Gasteiger partial charge in [-0.25, -0.2) is 0 Å². The summed E-state index contributed by atoms with van der Waals surface area (Å²) in [6.45, 7) is 7.58. The number of carbonyl (C=O) groups is 1. The number of carbonyl (C=O) groups excluding carboxylic acids is 1. The molecule has 0 spiro atoms. The summed E-state index contributed by atoms with van der Waals surface area (Å²) in [5.74, 6) is 0.106. The number of rotatable bonds is 6. The molecule has 3 heteroatoms. The SMILES string of the molecule is CNCC(C)C(=O)NCC(C)(C)c1ccccc1. The maximum Gasteiger partial charge on any atom is 0.224 e. The van der Waals surface area contributed by atoms with Crippen LogP contribution in [0.25, 0.3) is 0 Å². The molecule has 3 nitrogen and oxygen atoms in total. The first-order valence-electron chi connectivity index (χ1n) is 6.45. The van der Waals surface area contributed by atoms with Gasteiger partial charge in [-0.15, -0.1) is 0 Å². The van der Waals surface area contributed by atoms with Crippen LogP contribution in [0.1, 0.15) is 26.3 Å². The average molecular weight is 248 g/mol. The van der Waals surface area contributed by atoms with Gasteiger partial charge in [-0.05, 0) is 12.6 Å². The van der Waals surface area contributed by atoms with Crippen molar-refractivity contribution in [2.24, 2.45) is 5.92 Å². The van der Waals surface area contributed by atoms with E-state index in [2.05, 4.69) is 36.6 Å². The van der Waals surface area contributed by atoms with Crippen molar-refractivity contribution in [2.45, 2.75) is 26.2 Å². The van der Waals surface area contributed by atoms with Crippen molar-refractivity contribution in [2.75, 3.05) is 20.1 Å². The fourth-order valence-corrected chi connectivity index (χ4v) is 1.87. The van der Waals surface area contributed by atoms with Crippen molar-refractivity contribution in [1.82, 2.24) is 10.6 Å². The lowest BCUT2D eigenvalue weighted by Gasteiger charge is -2.26. The molecule has 0 saturated heterocycles. The van der Waals surface area contributed by atoms with Gasteiger partial charge in [-0.2, -0.15) is 0 Å². The predicted octanol–water partition coefficient (Wildman–Crippen LogP) is 1.94. The van der Waals surface area contributed by atoms with Gasteiger partial charge in [0.2, 0.25) is 5.91 Å². The second-order valence-corrected chi connectivity index (χ2v) is 5.43. The molecule has 0 fully saturated rings. The Balaban J connectivity index is 2.55. The van der Waals surface area contributed by atoms with E-state index in [1.807, 2.05) is 32.2 Å². The topological polar surface area (TPSA) is 41.1 Å². The molecular weight excluding hydrogens is 224 g/mol. The smallest absolute Gasteiger partial charge is 0.224 e. The number of nitrogens with one attached hydrogen (secondary N) is 2. The van der Waals surface area contributed by atoms with Crippen LogP contribution in [0.15, 0.2) is 30.3 Å². The van der Waals surface area contributed by atoms with Gasteiger partial charge in [0, 0.05) is 24.4 Å². The molecular formula is C15H24N2O. The second kappa shape index (κ2) is 6.55. The summed E-state index contributed by atoms with van der Waals surface area (Å²) in [7, 11) is 1.86. The minimum Gasteiger partial charge on any atom is -0.355 e. The normalized spacial score (nSPS) is 13.1. The summed E-state index contributed by atoms with van der Waals surface area (Å²) in [5.41, 5.74) is 1.20. The van der Waals surface area contributed by atoms with E-state index >= 15 is 0 Å². The standard InChI is InChI=1S/C15H24N2O/c1-12(10-16-4)14(18)17-11-15(2,3)13-8-6-5-7-9-13/h5-9,12,16H,10-11H2,1-4H3,(H,17,18). The molecule has 0 saturated carbocycles. The first-order valence-corrected chi connectivity index (χ1v) is 6.45. The zero-order valence-corrected chi connectivity index (χ0v) is 11.8. The second-order valence-electron chi connectivity index (χ2n) is 5.43. The zero-order valence-electron chi connectivity index (χ0n) is 11.8. The molecule has 1 unspecified atom stereocenters. The van der Waals surface area contributed by atoms with Crippen molar-refractivity contribution < 1.29 is 4.79 Å². The summed E-state index contributed by atoms with van der Waals surface area (Å²) in [5, 5.41) is 6.04. The van der Waals surface area contributed by atoms with Gasteiger partial charge in [-0.3, -0.25) is 4.79 Å². The van der Waals surface area contributed by atoms with Gasteiger partial charge >= 0.3 is 0 Å². The minimum atomic E-state index is -0.0454. The molecule has 1 aromatic rings. The van der Waals surface area contributed by atoms with Gasteiger partial charge in [0.05, 0.1) is 0 Å². The Morgan fingerprint density at radius 1 is 1.28 bits per heavy atom. The van der Waals surface area contributed by atoms with Crippen molar-refractivity contribution in [3.63, 3.8) is 0 Å². The minimum absolute atomic E-state index is 0.00146. The van der Waals surface area contributed by atoms with E-state index in [0.29, 0.717) is 13.1 Å². The van der Waals surface area contributed by atoms with Gasteiger partial charge in [0.1, 0.15) is 0 Å². The maximum atomic E-state index is 11.9. The fraction of sp³-hybridized carbons (Fsp3) is 0.533. The van der Waals surface area contributed by atoms with Crippen LogP contribution in [0, 0.1) is 5.92 Å². The Morgan fingerprint density at radius 3 is 2.44 bits per heavy atom.